The summed E-state index contributed by atoms with van der Waals surface area (Å²) in [5.74, 6) is 1.44. The molecule has 0 aliphatic rings. The van der Waals surface area contributed by atoms with Gasteiger partial charge < -0.3 is 14.7 Å². The van der Waals surface area contributed by atoms with Crippen LogP contribution in [0.2, 0.25) is 0 Å². The van der Waals surface area contributed by atoms with Gasteiger partial charge in [0.2, 0.25) is 0 Å². The number of halogens is 1. The summed E-state index contributed by atoms with van der Waals surface area (Å²) in [6.45, 7) is 0. The van der Waals surface area contributed by atoms with Crippen LogP contribution in [0.3, 0.4) is 0 Å². The van der Waals surface area contributed by atoms with Crippen LogP contribution in [-0.2, 0) is 6.42 Å². The molecular weight excluding hydrogens is 396 g/mol. The van der Waals surface area contributed by atoms with Crippen LogP contribution < -0.4 is 14.2 Å². The average molecular weight is 415 g/mol. The fraction of sp³-hybridized carbons (Fsp3) is 0.200. The lowest BCUT2D eigenvalue weighted by molar-refractivity contribution is -0.605. The molecule has 5 nitrogen and oxygen atoms in total. The minimum absolute atomic E-state index is 0.0675. The number of aromatic nitrogens is 2. The van der Waals surface area contributed by atoms with Crippen LogP contribution in [0.4, 0.5) is 0 Å². The number of rotatable bonds is 6. The lowest BCUT2D eigenvalue weighted by Crippen LogP contribution is -2.24. The minimum atomic E-state index is 0.0675. The molecule has 26 heavy (non-hydrogen) atoms. The van der Waals surface area contributed by atoms with E-state index in [1.165, 1.54) is 12.4 Å². The first-order chi connectivity index (χ1) is 12.6. The molecule has 1 atom stereocenters. The Balaban J connectivity index is 2.02. The predicted octanol–water partition coefficient (Wildman–Crippen LogP) is 3.87. The summed E-state index contributed by atoms with van der Waals surface area (Å²) in [7, 11) is 3.25. The summed E-state index contributed by atoms with van der Waals surface area (Å²) in [5, 5.41) is 11.3. The Bertz CT molecular complexity index is 867. The molecule has 1 aromatic carbocycles. The van der Waals surface area contributed by atoms with Crippen molar-refractivity contribution in [1.82, 2.24) is 4.98 Å². The second-order valence-electron chi connectivity index (χ2n) is 5.85. The number of benzene rings is 1. The molecule has 0 saturated carbocycles. The number of ether oxygens (including phenoxy) is 2. The highest BCUT2D eigenvalue weighted by Crippen LogP contribution is 2.35. The van der Waals surface area contributed by atoms with Crippen molar-refractivity contribution in [2.24, 2.45) is 0 Å². The minimum Gasteiger partial charge on any atom is -0.619 e. The maximum atomic E-state index is 11.3. The van der Waals surface area contributed by atoms with Crippen LogP contribution in [0.5, 0.6) is 11.5 Å². The van der Waals surface area contributed by atoms with Crippen molar-refractivity contribution in [1.29, 1.82) is 0 Å². The van der Waals surface area contributed by atoms with Crippen LogP contribution in [-0.4, -0.2) is 19.2 Å². The smallest absolute Gasteiger partial charge is 0.180 e. The Morgan fingerprint density at radius 2 is 1.69 bits per heavy atom. The van der Waals surface area contributed by atoms with Gasteiger partial charge in [-0.25, -0.2) is 4.98 Å². The van der Waals surface area contributed by atoms with Gasteiger partial charge >= 0.3 is 0 Å². The van der Waals surface area contributed by atoms with E-state index in [0.29, 0.717) is 11.5 Å². The van der Waals surface area contributed by atoms with Crippen molar-refractivity contribution in [3.05, 3.63) is 87.6 Å². The lowest BCUT2D eigenvalue weighted by Gasteiger charge is -2.19. The van der Waals surface area contributed by atoms with Gasteiger partial charge in [0.25, 0.3) is 0 Å². The summed E-state index contributed by atoms with van der Waals surface area (Å²) in [4.78, 5) is 4.36. The lowest BCUT2D eigenvalue weighted by atomic mass is 9.87. The first kappa shape index (κ1) is 18.2. The highest BCUT2D eigenvalue weighted by Gasteiger charge is 2.18. The van der Waals surface area contributed by atoms with Crippen LogP contribution in [0.1, 0.15) is 22.6 Å². The van der Waals surface area contributed by atoms with E-state index in [9.17, 15) is 5.21 Å². The van der Waals surface area contributed by atoms with E-state index in [1.54, 1.807) is 14.2 Å². The van der Waals surface area contributed by atoms with E-state index in [0.717, 1.165) is 32.4 Å². The van der Waals surface area contributed by atoms with Gasteiger partial charge in [0.05, 0.1) is 14.2 Å². The number of nitrogens with zero attached hydrogens (tertiary/aromatic N) is 2. The summed E-state index contributed by atoms with van der Waals surface area (Å²) in [5.41, 5.74) is 3.24. The fourth-order valence-corrected chi connectivity index (χ4v) is 3.14. The van der Waals surface area contributed by atoms with Crippen molar-refractivity contribution in [2.75, 3.05) is 14.2 Å². The largest absolute Gasteiger partial charge is 0.619 e. The standard InChI is InChI=1S/C20H19BrN2O3/c1-25-18-5-3-15(12-19(18)26-2)17(16-4-6-20(21)22-13-16)11-14-7-9-23(24)10-8-14/h3-10,12-13,17H,11H2,1-2H3. The Labute approximate surface area is 160 Å². The van der Waals surface area contributed by atoms with Gasteiger partial charge in [-0.15, -0.1) is 0 Å². The highest BCUT2D eigenvalue weighted by molar-refractivity contribution is 9.10. The Morgan fingerprint density at radius 3 is 2.31 bits per heavy atom. The zero-order valence-corrected chi connectivity index (χ0v) is 16.1. The average Bonchev–Trinajstić information content (AvgIpc) is 2.68. The second-order valence-corrected chi connectivity index (χ2v) is 6.66. The second kappa shape index (κ2) is 8.19. The molecule has 0 spiro atoms. The SMILES string of the molecule is COc1ccc(C(Cc2cc[n+]([O-])cc2)c2ccc(Br)nc2)cc1OC. The van der Waals surface area contributed by atoms with Crippen LogP contribution in [0, 0.1) is 5.21 Å². The summed E-state index contributed by atoms with van der Waals surface area (Å²) >= 11 is 3.38. The summed E-state index contributed by atoms with van der Waals surface area (Å²) in [6, 6.07) is 13.6. The Hall–Kier alpha value is -2.60. The van der Waals surface area contributed by atoms with Gasteiger partial charge in [-0.05, 0) is 57.2 Å². The maximum absolute atomic E-state index is 11.3. The van der Waals surface area contributed by atoms with Crippen molar-refractivity contribution < 1.29 is 14.2 Å². The van der Waals surface area contributed by atoms with E-state index in [1.807, 2.05) is 42.6 Å². The topological polar surface area (TPSA) is 58.3 Å². The summed E-state index contributed by atoms with van der Waals surface area (Å²) < 4.78 is 12.4. The quantitative estimate of drug-likeness (QED) is 0.349. The molecule has 2 aromatic heterocycles. The van der Waals surface area contributed by atoms with Gasteiger partial charge in [-0.3, -0.25) is 0 Å². The van der Waals surface area contributed by atoms with Crippen LogP contribution >= 0.6 is 15.9 Å². The van der Waals surface area contributed by atoms with Crippen molar-refractivity contribution in [3.8, 4) is 11.5 Å². The third kappa shape index (κ3) is 4.14. The molecule has 2 heterocycles. The zero-order chi connectivity index (χ0) is 18.5. The molecule has 0 fully saturated rings. The van der Waals surface area contributed by atoms with E-state index >= 15 is 0 Å². The van der Waals surface area contributed by atoms with Crippen LogP contribution in [0.15, 0.2) is 65.7 Å². The third-order valence-corrected chi connectivity index (χ3v) is 4.74. The molecule has 6 heteroatoms. The molecular formula is C20H19BrN2O3. The normalized spacial score (nSPS) is 11.8. The zero-order valence-electron chi connectivity index (χ0n) is 14.6. The van der Waals surface area contributed by atoms with E-state index in [2.05, 4.69) is 27.0 Å². The van der Waals surface area contributed by atoms with Gasteiger partial charge in [-0.1, -0.05) is 12.1 Å². The molecule has 0 radical (unpaired) electrons. The predicted molar refractivity (Wildman–Crippen MR) is 102 cm³/mol. The van der Waals surface area contributed by atoms with Crippen molar-refractivity contribution in [2.45, 2.75) is 12.3 Å². The third-order valence-electron chi connectivity index (χ3n) is 4.27. The molecule has 134 valence electrons. The molecule has 0 saturated heterocycles. The molecule has 0 bridgehead atoms. The summed E-state index contributed by atoms with van der Waals surface area (Å²) in [6.07, 6.45) is 5.63. The van der Waals surface area contributed by atoms with E-state index in [4.69, 9.17) is 9.47 Å². The monoisotopic (exact) mass is 414 g/mol. The maximum Gasteiger partial charge on any atom is 0.180 e. The van der Waals surface area contributed by atoms with Crippen molar-refractivity contribution >= 4 is 15.9 Å². The first-order valence-corrected chi connectivity index (χ1v) is 8.91. The molecule has 0 aliphatic heterocycles. The highest BCUT2D eigenvalue weighted by atomic mass is 79.9. The fourth-order valence-electron chi connectivity index (χ4n) is 2.91. The molecule has 0 aliphatic carbocycles. The molecule has 0 amide bonds. The van der Waals surface area contributed by atoms with Gasteiger partial charge in [0.15, 0.2) is 23.9 Å². The number of pyridine rings is 2. The Morgan fingerprint density at radius 1 is 1.00 bits per heavy atom. The van der Waals surface area contributed by atoms with E-state index < -0.39 is 0 Å². The van der Waals surface area contributed by atoms with Gasteiger partial charge in [0.1, 0.15) is 4.60 Å². The number of hydrogen-bond acceptors (Lipinski definition) is 4. The van der Waals surface area contributed by atoms with Gasteiger partial charge in [0, 0.05) is 24.2 Å². The number of methoxy groups -OCH3 is 2. The molecule has 0 N–H and O–H groups in total. The van der Waals surface area contributed by atoms with Gasteiger partial charge in [-0.2, -0.15) is 4.73 Å². The molecule has 3 rings (SSSR count). The van der Waals surface area contributed by atoms with Crippen molar-refractivity contribution in [3.63, 3.8) is 0 Å². The Kier molecular flexibility index (Phi) is 5.73. The molecule has 1 unspecified atom stereocenters. The first-order valence-electron chi connectivity index (χ1n) is 8.12. The van der Waals surface area contributed by atoms with E-state index in [-0.39, 0.29) is 5.92 Å². The number of hydrogen-bond donors (Lipinski definition) is 0. The molecule has 3 aromatic rings. The van der Waals surface area contributed by atoms with Crippen LogP contribution in [0.25, 0.3) is 0 Å².